The van der Waals surface area contributed by atoms with E-state index in [9.17, 15) is 48.6 Å². The molecule has 4 aromatic rings. The standard InChI is InChI=1S/C47H50FN5O17/c1-8-47(63)29-14-34-39-27(17-53(34)41(58)28(29)19-64-45(47)61)38-31(11-10-26-20(2)30(48)15-33(51-39)37(26)38)52-46(62)65-18-25-9-12-35(32(13-25)50-36(57)16-49-7)69-44(43(67-23(5)55)68-24(6)56)70-40(42(59)60)21(3)66-22(4)54/h9,12-15,21,31,40,43-44,49,63H,8,10-11,16-19H2,1-7H3,(H,50,57)(H,52,62)(H,59,60)/t21-,31-,40?,44?,47-/m0/s1. The number of alkyl carbamates (subject to hydrolysis) is 1. The molecule has 22 nitrogen and oxygen atoms in total. The molecule has 70 heavy (non-hydrogen) atoms. The first-order chi connectivity index (χ1) is 33.1. The van der Waals surface area contributed by atoms with Crippen molar-refractivity contribution >= 4 is 58.4 Å². The molecule has 0 radical (unpaired) electrons. The van der Waals surface area contributed by atoms with Crippen molar-refractivity contribution in [3.05, 3.63) is 85.4 Å². The van der Waals surface area contributed by atoms with Gasteiger partial charge in [-0.15, -0.1) is 0 Å². The number of benzene rings is 2. The molecule has 0 fully saturated rings. The van der Waals surface area contributed by atoms with Crippen LogP contribution >= 0.6 is 0 Å². The number of nitrogens with one attached hydrogen (secondary N) is 3. The maximum atomic E-state index is 15.5. The van der Waals surface area contributed by atoms with E-state index in [0.717, 1.165) is 20.8 Å². The summed E-state index contributed by atoms with van der Waals surface area (Å²) < 4.78 is 54.7. The summed E-state index contributed by atoms with van der Waals surface area (Å²) in [4.78, 5) is 107. The largest absolute Gasteiger partial charge is 0.479 e. The quantitative estimate of drug-likeness (QED) is 0.0508. The molecule has 1 aliphatic carbocycles. The number of fused-ring (bicyclic) bond motifs is 5. The van der Waals surface area contributed by atoms with Crippen LogP contribution in [-0.4, -0.2) is 100.0 Å². The van der Waals surface area contributed by atoms with Crippen LogP contribution in [0, 0.1) is 12.7 Å². The summed E-state index contributed by atoms with van der Waals surface area (Å²) in [6, 6.07) is 6.13. The first-order valence-corrected chi connectivity index (χ1v) is 22.0. The van der Waals surface area contributed by atoms with Crippen LogP contribution in [0.3, 0.4) is 0 Å². The predicted molar refractivity (Wildman–Crippen MR) is 238 cm³/mol. The van der Waals surface area contributed by atoms with Gasteiger partial charge in [-0.3, -0.25) is 24.0 Å². The Labute approximate surface area is 397 Å². The van der Waals surface area contributed by atoms with Crippen LogP contribution in [0.1, 0.15) is 92.4 Å². The number of rotatable bonds is 17. The van der Waals surface area contributed by atoms with E-state index in [1.165, 1.54) is 42.8 Å². The molecule has 2 aromatic carbocycles. The van der Waals surface area contributed by atoms with E-state index in [-0.39, 0.29) is 59.8 Å². The fourth-order valence-electron chi connectivity index (χ4n) is 8.83. The molecule has 372 valence electrons. The van der Waals surface area contributed by atoms with Crippen molar-refractivity contribution in [1.29, 1.82) is 0 Å². The van der Waals surface area contributed by atoms with Gasteiger partial charge in [0.15, 0.2) is 11.7 Å². The van der Waals surface area contributed by atoms with Crippen molar-refractivity contribution in [2.45, 2.75) is 117 Å². The van der Waals surface area contributed by atoms with Crippen molar-refractivity contribution in [2.24, 2.45) is 0 Å². The molecule has 0 bridgehead atoms. The van der Waals surface area contributed by atoms with E-state index in [1.807, 2.05) is 0 Å². The fraction of sp³-hybridized carbons (Fsp3) is 0.426. The number of aliphatic carboxylic acids is 1. The summed E-state index contributed by atoms with van der Waals surface area (Å²) >= 11 is 0. The minimum Gasteiger partial charge on any atom is -0.479 e. The number of aliphatic hydroxyl groups is 1. The molecule has 2 aromatic heterocycles. The summed E-state index contributed by atoms with van der Waals surface area (Å²) in [6.07, 6.45) is -7.85. The maximum Gasteiger partial charge on any atom is 0.407 e. The monoisotopic (exact) mass is 975 g/mol. The molecule has 0 spiro atoms. The van der Waals surface area contributed by atoms with Gasteiger partial charge in [-0.1, -0.05) is 13.0 Å². The lowest BCUT2D eigenvalue weighted by Crippen LogP contribution is -2.48. The van der Waals surface area contributed by atoms with Crippen molar-refractivity contribution in [2.75, 3.05) is 18.9 Å². The molecule has 23 heteroatoms. The summed E-state index contributed by atoms with van der Waals surface area (Å²) in [7, 11) is 1.51. The SMILES string of the molecule is CC[C@@]1(O)C(=O)OCc2c1cc1n(c2=O)Cc2c-1nc1cc(F)c(C)c3c1c2[C@@H](NC(=O)OCc1ccc(OC(OC(C(=O)O)[C@H](C)OC(C)=O)C(OC(C)=O)OC(C)=O)c(NC(=O)CNC)c1)CC3. The number of carbonyl (C=O) groups is 7. The van der Waals surface area contributed by atoms with Crippen molar-refractivity contribution in [1.82, 2.24) is 20.2 Å². The molecule has 5 atom stereocenters. The Kier molecular flexibility index (Phi) is 14.6. The summed E-state index contributed by atoms with van der Waals surface area (Å²) in [5.41, 5.74) is 0.920. The zero-order valence-electron chi connectivity index (χ0n) is 39.0. The van der Waals surface area contributed by atoms with E-state index >= 15 is 4.39 Å². The number of carbonyl (C=O) groups excluding carboxylic acids is 6. The number of cyclic esters (lactones) is 1. The van der Waals surface area contributed by atoms with Gasteiger partial charge in [-0.05, 0) is 80.6 Å². The summed E-state index contributed by atoms with van der Waals surface area (Å²) in [5, 5.41) is 30.2. The number of aromatic nitrogens is 2. The van der Waals surface area contributed by atoms with Crippen molar-refractivity contribution in [3.8, 4) is 17.1 Å². The van der Waals surface area contributed by atoms with Gasteiger partial charge < -0.3 is 63.9 Å². The zero-order valence-corrected chi connectivity index (χ0v) is 39.0. The highest BCUT2D eigenvalue weighted by Crippen LogP contribution is 2.46. The highest BCUT2D eigenvalue weighted by atomic mass is 19.1. The number of hydrogen-bond acceptors (Lipinski definition) is 18. The molecular weight excluding hydrogens is 926 g/mol. The molecule has 2 amide bonds. The van der Waals surface area contributed by atoms with Crippen molar-refractivity contribution in [3.63, 3.8) is 0 Å². The molecule has 7 rings (SSSR count). The fourth-order valence-corrected chi connectivity index (χ4v) is 8.83. The van der Waals surface area contributed by atoms with Gasteiger partial charge in [0, 0.05) is 43.4 Å². The summed E-state index contributed by atoms with van der Waals surface area (Å²) in [5.74, 6) is -6.69. The van der Waals surface area contributed by atoms with Gasteiger partial charge in [-0.2, -0.15) is 0 Å². The van der Waals surface area contributed by atoms with Gasteiger partial charge in [0.05, 0.1) is 47.3 Å². The number of esters is 4. The minimum absolute atomic E-state index is 0.00366. The van der Waals surface area contributed by atoms with Crippen LogP contribution in [0.5, 0.6) is 5.75 Å². The number of nitrogens with zero attached hydrogens (tertiary/aromatic N) is 2. The number of halogens is 1. The molecular formula is C47H50FN5O17. The Bertz CT molecular complexity index is 2890. The molecule has 0 saturated heterocycles. The average Bonchev–Trinajstić information content (AvgIpc) is 3.66. The third-order valence-corrected chi connectivity index (χ3v) is 12.0. The molecule has 5 N–H and O–H groups in total. The Morgan fingerprint density at radius 2 is 1.69 bits per heavy atom. The van der Waals surface area contributed by atoms with Crippen LogP contribution in [0.2, 0.25) is 0 Å². The third-order valence-electron chi connectivity index (χ3n) is 12.0. The summed E-state index contributed by atoms with van der Waals surface area (Å²) in [6.45, 7) is 6.47. The minimum atomic E-state index is -2.08. The van der Waals surface area contributed by atoms with E-state index in [1.54, 1.807) is 19.9 Å². The van der Waals surface area contributed by atoms with E-state index < -0.39 is 96.3 Å². The number of anilines is 1. The van der Waals surface area contributed by atoms with Crippen LogP contribution in [0.4, 0.5) is 14.9 Å². The molecule has 3 aliphatic rings. The first kappa shape index (κ1) is 50.4. The maximum absolute atomic E-state index is 15.5. The number of likely N-dealkylation sites (N-methyl/N-ethyl adjacent to an activating group) is 1. The Morgan fingerprint density at radius 3 is 2.33 bits per heavy atom. The predicted octanol–water partition coefficient (Wildman–Crippen LogP) is 3.18. The third kappa shape index (κ3) is 9.98. The second kappa shape index (κ2) is 20.2. The highest BCUT2D eigenvalue weighted by molar-refractivity contribution is 5.95. The van der Waals surface area contributed by atoms with Crippen LogP contribution < -0.4 is 26.2 Å². The van der Waals surface area contributed by atoms with Gasteiger partial charge in [0.25, 0.3) is 11.8 Å². The second-order valence-corrected chi connectivity index (χ2v) is 16.8. The number of aryl methyl sites for hydroxylation is 1. The lowest BCUT2D eigenvalue weighted by Gasteiger charge is -2.31. The molecule has 4 heterocycles. The van der Waals surface area contributed by atoms with Crippen LogP contribution in [0.25, 0.3) is 22.3 Å². The number of amides is 2. The van der Waals surface area contributed by atoms with E-state index in [2.05, 4.69) is 16.0 Å². The molecule has 2 aliphatic heterocycles. The lowest BCUT2D eigenvalue weighted by atomic mass is 9.81. The second-order valence-electron chi connectivity index (χ2n) is 16.8. The Hall–Kier alpha value is -7.50. The van der Waals surface area contributed by atoms with E-state index in [0.29, 0.717) is 51.9 Å². The first-order valence-electron chi connectivity index (χ1n) is 22.0. The Morgan fingerprint density at radius 1 is 0.986 bits per heavy atom. The normalized spacial score (nSPS) is 17.7. The Balaban J connectivity index is 1.19. The van der Waals surface area contributed by atoms with E-state index in [4.69, 9.17) is 38.1 Å². The number of hydrogen-bond donors (Lipinski definition) is 5. The number of pyridine rings is 2. The topological polar surface area (TPSA) is 296 Å². The van der Waals surface area contributed by atoms with Gasteiger partial charge in [-0.25, -0.2) is 23.8 Å². The molecule has 0 saturated carbocycles. The van der Waals surface area contributed by atoms with Gasteiger partial charge in [0.2, 0.25) is 5.91 Å². The lowest BCUT2D eigenvalue weighted by molar-refractivity contribution is -0.263. The zero-order chi connectivity index (χ0) is 50.9. The van der Waals surface area contributed by atoms with Crippen LogP contribution in [-0.2, 0) is 89.0 Å². The van der Waals surface area contributed by atoms with Crippen molar-refractivity contribution < 1.29 is 81.3 Å². The van der Waals surface area contributed by atoms with Gasteiger partial charge >= 0.3 is 42.2 Å². The van der Waals surface area contributed by atoms with Gasteiger partial charge in [0.1, 0.15) is 30.9 Å². The number of ether oxygens (including phenoxy) is 7. The number of carboxylic acids is 1. The van der Waals surface area contributed by atoms with Crippen LogP contribution in [0.15, 0.2) is 35.1 Å². The number of carboxylic acid groups (broad SMARTS) is 1. The highest BCUT2D eigenvalue weighted by Gasteiger charge is 2.46. The smallest absolute Gasteiger partial charge is 0.407 e. The average molecular weight is 976 g/mol. The molecule has 2 unspecified atom stereocenters.